The van der Waals surface area contributed by atoms with E-state index in [-0.39, 0.29) is 18.6 Å². The van der Waals surface area contributed by atoms with Gasteiger partial charge in [0.25, 0.3) is 0 Å². The van der Waals surface area contributed by atoms with Gasteiger partial charge in [-0.3, -0.25) is 9.69 Å². The van der Waals surface area contributed by atoms with Crippen LogP contribution in [0.15, 0.2) is 0 Å². The quantitative estimate of drug-likeness (QED) is 0.805. The van der Waals surface area contributed by atoms with Gasteiger partial charge in [-0.15, -0.1) is 0 Å². The van der Waals surface area contributed by atoms with Gasteiger partial charge in [0, 0.05) is 36.7 Å². The summed E-state index contributed by atoms with van der Waals surface area (Å²) in [6.07, 6.45) is 1.55. The minimum Gasteiger partial charge on any atom is -0.481 e. The van der Waals surface area contributed by atoms with Crippen LogP contribution in [0.4, 0.5) is 0 Å². The van der Waals surface area contributed by atoms with Crippen molar-refractivity contribution in [2.45, 2.75) is 38.0 Å². The lowest BCUT2D eigenvalue weighted by atomic mass is 10.1. The molecule has 2 rings (SSSR count). The molecule has 2 saturated heterocycles. The fourth-order valence-electron chi connectivity index (χ4n) is 2.64. The molecule has 2 aliphatic heterocycles. The van der Waals surface area contributed by atoms with Crippen LogP contribution in [0.1, 0.15) is 19.8 Å². The predicted octanol–water partition coefficient (Wildman–Crippen LogP) is 1.06. The molecule has 16 heavy (non-hydrogen) atoms. The summed E-state index contributed by atoms with van der Waals surface area (Å²) in [5.41, 5.74) is 0. The molecule has 5 heteroatoms. The third kappa shape index (κ3) is 2.70. The minimum absolute atomic E-state index is 0.186. The zero-order valence-electron chi connectivity index (χ0n) is 9.59. The normalized spacial score (nSPS) is 36.4. The molecule has 2 aliphatic rings. The Morgan fingerprint density at radius 2 is 2.44 bits per heavy atom. The zero-order valence-corrected chi connectivity index (χ0v) is 10.4. The van der Waals surface area contributed by atoms with Crippen LogP contribution >= 0.6 is 11.8 Å². The summed E-state index contributed by atoms with van der Waals surface area (Å²) in [4.78, 5) is 13.2. The average Bonchev–Trinajstić information content (AvgIpc) is 2.64. The summed E-state index contributed by atoms with van der Waals surface area (Å²) in [6, 6.07) is 0.607. The van der Waals surface area contributed by atoms with E-state index in [2.05, 4.69) is 11.8 Å². The van der Waals surface area contributed by atoms with E-state index in [0.29, 0.717) is 6.04 Å². The largest absolute Gasteiger partial charge is 0.481 e. The van der Waals surface area contributed by atoms with Gasteiger partial charge < -0.3 is 9.84 Å². The maximum Gasteiger partial charge on any atom is 0.304 e. The molecule has 92 valence electrons. The second-order valence-electron chi connectivity index (χ2n) is 4.50. The van der Waals surface area contributed by atoms with Gasteiger partial charge in [0.15, 0.2) is 0 Å². The molecule has 1 N–H and O–H groups in total. The van der Waals surface area contributed by atoms with E-state index < -0.39 is 5.97 Å². The Kier molecular flexibility index (Phi) is 4.10. The Morgan fingerprint density at radius 1 is 1.62 bits per heavy atom. The molecule has 0 bridgehead atoms. The van der Waals surface area contributed by atoms with E-state index in [1.807, 2.05) is 11.8 Å². The summed E-state index contributed by atoms with van der Waals surface area (Å²) in [7, 11) is 0. The highest BCUT2D eigenvalue weighted by atomic mass is 32.2. The SMILES string of the molecule is CC1OCCC1N1CCSCC1CC(=O)O. The molecule has 4 nitrogen and oxygen atoms in total. The second kappa shape index (κ2) is 5.38. The van der Waals surface area contributed by atoms with Crippen LogP contribution in [0.5, 0.6) is 0 Å². The summed E-state index contributed by atoms with van der Waals surface area (Å²) < 4.78 is 5.58. The highest BCUT2D eigenvalue weighted by molar-refractivity contribution is 7.99. The van der Waals surface area contributed by atoms with Gasteiger partial charge in [0.05, 0.1) is 12.5 Å². The number of aliphatic carboxylic acids is 1. The Morgan fingerprint density at radius 3 is 3.06 bits per heavy atom. The highest BCUT2D eigenvalue weighted by Crippen LogP contribution is 2.27. The number of carboxylic acids is 1. The standard InChI is InChI=1S/C11H19NO3S/c1-8-10(2-4-15-8)12-3-5-16-7-9(12)6-11(13)14/h8-10H,2-7H2,1H3,(H,13,14). The Labute approximate surface area is 100 Å². The van der Waals surface area contributed by atoms with Crippen LogP contribution in [-0.4, -0.2) is 58.8 Å². The van der Waals surface area contributed by atoms with Crippen molar-refractivity contribution in [1.29, 1.82) is 0 Å². The molecule has 0 spiro atoms. The van der Waals surface area contributed by atoms with E-state index >= 15 is 0 Å². The van der Waals surface area contributed by atoms with Gasteiger partial charge in [0.1, 0.15) is 0 Å². The topological polar surface area (TPSA) is 49.8 Å². The number of hydrogen-bond donors (Lipinski definition) is 1. The Hall–Kier alpha value is -0.260. The van der Waals surface area contributed by atoms with E-state index in [1.165, 1.54) is 0 Å². The number of rotatable bonds is 3. The number of carboxylic acid groups (broad SMARTS) is 1. The van der Waals surface area contributed by atoms with Crippen LogP contribution in [0.25, 0.3) is 0 Å². The molecule has 0 aliphatic carbocycles. The van der Waals surface area contributed by atoms with Crippen molar-refractivity contribution >= 4 is 17.7 Å². The van der Waals surface area contributed by atoms with Crippen molar-refractivity contribution in [1.82, 2.24) is 4.90 Å². The molecule has 0 radical (unpaired) electrons. The van der Waals surface area contributed by atoms with Gasteiger partial charge in [-0.05, 0) is 13.3 Å². The highest BCUT2D eigenvalue weighted by Gasteiger charge is 2.36. The number of nitrogens with zero attached hydrogens (tertiary/aromatic N) is 1. The molecule has 0 aromatic rings. The molecular formula is C11H19NO3S. The first-order valence-electron chi connectivity index (χ1n) is 5.85. The third-order valence-electron chi connectivity index (χ3n) is 3.45. The lowest BCUT2D eigenvalue weighted by molar-refractivity contribution is -0.138. The first-order valence-corrected chi connectivity index (χ1v) is 7.01. The van der Waals surface area contributed by atoms with Crippen molar-refractivity contribution in [3.63, 3.8) is 0 Å². The van der Waals surface area contributed by atoms with Crippen LogP contribution in [0, 0.1) is 0 Å². The molecule has 0 saturated carbocycles. The summed E-state index contributed by atoms with van der Waals surface area (Å²) in [5, 5.41) is 8.93. The number of carbonyl (C=O) groups is 1. The molecule has 3 unspecified atom stereocenters. The predicted molar refractivity (Wildman–Crippen MR) is 63.9 cm³/mol. The summed E-state index contributed by atoms with van der Waals surface area (Å²) in [5.74, 6) is 1.36. The maximum atomic E-state index is 10.8. The number of hydrogen-bond acceptors (Lipinski definition) is 4. The van der Waals surface area contributed by atoms with Crippen molar-refractivity contribution in [3.8, 4) is 0 Å². The molecule has 0 aromatic heterocycles. The van der Waals surface area contributed by atoms with E-state index in [1.54, 1.807) is 0 Å². The van der Waals surface area contributed by atoms with Gasteiger partial charge in [-0.25, -0.2) is 0 Å². The van der Waals surface area contributed by atoms with Crippen LogP contribution in [0.2, 0.25) is 0 Å². The van der Waals surface area contributed by atoms with Crippen LogP contribution in [-0.2, 0) is 9.53 Å². The Bertz CT molecular complexity index is 262. The molecule has 2 fully saturated rings. The second-order valence-corrected chi connectivity index (χ2v) is 5.65. The van der Waals surface area contributed by atoms with Gasteiger partial charge >= 0.3 is 5.97 Å². The Balaban J connectivity index is 2.00. The van der Waals surface area contributed by atoms with Gasteiger partial charge in [0.2, 0.25) is 0 Å². The van der Waals surface area contributed by atoms with E-state index in [9.17, 15) is 4.79 Å². The zero-order chi connectivity index (χ0) is 11.5. The summed E-state index contributed by atoms with van der Waals surface area (Å²) in [6.45, 7) is 3.91. The lowest BCUT2D eigenvalue weighted by Crippen LogP contribution is -2.51. The van der Waals surface area contributed by atoms with Gasteiger partial charge in [-0.2, -0.15) is 11.8 Å². The number of thioether (sulfide) groups is 1. The lowest BCUT2D eigenvalue weighted by Gasteiger charge is -2.39. The average molecular weight is 245 g/mol. The van der Waals surface area contributed by atoms with Gasteiger partial charge in [-0.1, -0.05) is 0 Å². The first-order chi connectivity index (χ1) is 7.68. The molecular weight excluding hydrogens is 226 g/mol. The third-order valence-corrected chi connectivity index (χ3v) is 4.54. The summed E-state index contributed by atoms with van der Waals surface area (Å²) >= 11 is 1.86. The maximum absolute atomic E-state index is 10.8. The van der Waals surface area contributed by atoms with Crippen molar-refractivity contribution in [2.75, 3.05) is 24.7 Å². The molecule has 0 aromatic carbocycles. The van der Waals surface area contributed by atoms with E-state index in [0.717, 1.165) is 31.1 Å². The minimum atomic E-state index is -0.691. The van der Waals surface area contributed by atoms with Crippen LogP contribution in [0.3, 0.4) is 0 Å². The van der Waals surface area contributed by atoms with Crippen molar-refractivity contribution < 1.29 is 14.6 Å². The fraction of sp³-hybridized carbons (Fsp3) is 0.909. The fourth-order valence-corrected chi connectivity index (χ4v) is 3.73. The van der Waals surface area contributed by atoms with Crippen molar-refractivity contribution in [2.24, 2.45) is 0 Å². The van der Waals surface area contributed by atoms with Crippen molar-refractivity contribution in [3.05, 3.63) is 0 Å². The van der Waals surface area contributed by atoms with E-state index in [4.69, 9.17) is 9.84 Å². The van der Waals surface area contributed by atoms with Crippen LogP contribution < -0.4 is 0 Å². The smallest absolute Gasteiger partial charge is 0.304 e. The first kappa shape index (κ1) is 12.2. The molecule has 0 amide bonds. The monoisotopic (exact) mass is 245 g/mol. The number of ether oxygens (including phenoxy) is 1. The molecule has 2 heterocycles. The molecule has 3 atom stereocenters.